The zero-order chi connectivity index (χ0) is 15.4. The van der Waals surface area contributed by atoms with Crippen LogP contribution in [0.15, 0.2) is 4.99 Å². The van der Waals surface area contributed by atoms with Gasteiger partial charge in [0.05, 0.1) is 18.8 Å². The molecule has 0 aromatic carbocycles. The number of ether oxygens (including phenoxy) is 3. The maximum Gasteiger partial charge on any atom is 0.188 e. The summed E-state index contributed by atoms with van der Waals surface area (Å²) in [5.74, 6) is 0.543. The van der Waals surface area contributed by atoms with Gasteiger partial charge in [-0.2, -0.15) is 0 Å². The van der Waals surface area contributed by atoms with Crippen molar-refractivity contribution in [3.63, 3.8) is 0 Å². The Morgan fingerprint density at radius 3 is 2.86 bits per heavy atom. The zero-order valence-electron chi connectivity index (χ0n) is 13.6. The smallest absolute Gasteiger partial charge is 0.188 e. The normalized spacial score (nSPS) is 34.6. The van der Waals surface area contributed by atoms with Crippen molar-refractivity contribution in [2.24, 2.45) is 16.1 Å². The fourth-order valence-corrected chi connectivity index (χ4v) is 4.02. The van der Waals surface area contributed by atoms with E-state index in [1.54, 1.807) is 0 Å². The van der Waals surface area contributed by atoms with Gasteiger partial charge in [0, 0.05) is 37.9 Å². The minimum Gasteiger partial charge on any atom is -0.381 e. The minimum absolute atomic E-state index is 0.165. The fraction of sp³-hybridized carbons (Fsp3) is 0.938. The van der Waals surface area contributed by atoms with Crippen LogP contribution in [0.2, 0.25) is 0 Å². The molecule has 3 aliphatic rings. The molecule has 3 rings (SSSR count). The first-order valence-corrected chi connectivity index (χ1v) is 8.62. The Kier molecular flexibility index (Phi) is 5.21. The number of nitrogens with one attached hydrogen (secondary N) is 1. The lowest BCUT2D eigenvalue weighted by Crippen LogP contribution is -2.67. The molecular weight excluding hydrogens is 282 g/mol. The molecule has 0 aromatic heterocycles. The highest BCUT2D eigenvalue weighted by Crippen LogP contribution is 2.50. The van der Waals surface area contributed by atoms with Crippen molar-refractivity contribution in [3.8, 4) is 0 Å². The van der Waals surface area contributed by atoms with Gasteiger partial charge in [-0.05, 0) is 39.0 Å². The maximum atomic E-state index is 6.08. The Balaban J connectivity index is 1.55. The van der Waals surface area contributed by atoms with Crippen LogP contribution in [0.3, 0.4) is 0 Å². The predicted octanol–water partition coefficient (Wildman–Crippen LogP) is 1.04. The van der Waals surface area contributed by atoms with Gasteiger partial charge in [-0.25, -0.2) is 0 Å². The van der Waals surface area contributed by atoms with Crippen molar-refractivity contribution in [1.29, 1.82) is 0 Å². The van der Waals surface area contributed by atoms with Crippen molar-refractivity contribution in [3.05, 3.63) is 0 Å². The van der Waals surface area contributed by atoms with E-state index in [1.165, 1.54) is 0 Å². The summed E-state index contributed by atoms with van der Waals surface area (Å²) in [6, 6.07) is 0.348. The highest BCUT2D eigenvalue weighted by molar-refractivity contribution is 5.78. The van der Waals surface area contributed by atoms with Crippen LogP contribution >= 0.6 is 0 Å². The summed E-state index contributed by atoms with van der Waals surface area (Å²) in [5.41, 5.74) is 6.25. The Morgan fingerprint density at radius 1 is 1.36 bits per heavy atom. The summed E-state index contributed by atoms with van der Waals surface area (Å²) in [6.45, 7) is 5.98. The Bertz CT molecular complexity index is 390. The van der Waals surface area contributed by atoms with Gasteiger partial charge in [-0.3, -0.25) is 4.99 Å². The molecule has 1 saturated carbocycles. The molecule has 3 atom stereocenters. The first kappa shape index (κ1) is 16.0. The molecule has 1 spiro atoms. The molecule has 0 radical (unpaired) electrons. The van der Waals surface area contributed by atoms with Crippen LogP contribution in [0.5, 0.6) is 0 Å². The monoisotopic (exact) mass is 311 g/mol. The number of hydrogen-bond acceptors (Lipinski definition) is 4. The predicted molar refractivity (Wildman–Crippen MR) is 84.9 cm³/mol. The number of nitrogens with zero attached hydrogens (tertiary/aromatic N) is 1. The van der Waals surface area contributed by atoms with Crippen molar-refractivity contribution in [2.45, 2.75) is 57.3 Å². The molecule has 3 unspecified atom stereocenters. The van der Waals surface area contributed by atoms with Gasteiger partial charge in [0.25, 0.3) is 0 Å². The van der Waals surface area contributed by atoms with Crippen LogP contribution in [0, 0.1) is 5.41 Å². The maximum absolute atomic E-state index is 6.08. The van der Waals surface area contributed by atoms with E-state index in [-0.39, 0.29) is 11.5 Å². The molecule has 2 saturated heterocycles. The lowest BCUT2D eigenvalue weighted by molar-refractivity contribution is -0.169. The standard InChI is InChI=1S/C16H29N3O3/c1-2-21-14-10-13(16(14)5-8-20-9-6-16)19-15(17)18-11-12-4-3-7-22-12/h12-14H,2-11H2,1H3,(H3,17,18,19). The fourth-order valence-electron chi connectivity index (χ4n) is 4.02. The van der Waals surface area contributed by atoms with E-state index in [2.05, 4.69) is 17.2 Å². The SMILES string of the molecule is CCOC1CC(NC(N)=NCC2CCCO2)C12CCOCC2. The topological polar surface area (TPSA) is 78.1 Å². The van der Waals surface area contributed by atoms with Crippen molar-refractivity contribution in [1.82, 2.24) is 5.32 Å². The van der Waals surface area contributed by atoms with Gasteiger partial charge in [-0.1, -0.05) is 0 Å². The van der Waals surface area contributed by atoms with Crippen LogP contribution < -0.4 is 11.1 Å². The van der Waals surface area contributed by atoms with E-state index in [4.69, 9.17) is 19.9 Å². The first-order valence-electron chi connectivity index (χ1n) is 8.62. The number of hydrogen-bond donors (Lipinski definition) is 2. The molecule has 0 amide bonds. The molecule has 1 aliphatic carbocycles. The quantitative estimate of drug-likeness (QED) is 0.586. The summed E-state index contributed by atoms with van der Waals surface area (Å²) in [6.07, 6.45) is 5.87. The molecule has 0 aromatic rings. The Morgan fingerprint density at radius 2 is 2.18 bits per heavy atom. The number of nitrogens with two attached hydrogens (primary N) is 1. The van der Waals surface area contributed by atoms with Gasteiger partial charge in [0.15, 0.2) is 5.96 Å². The Hall–Kier alpha value is -0.850. The molecular formula is C16H29N3O3. The second kappa shape index (κ2) is 7.15. The largest absolute Gasteiger partial charge is 0.381 e. The summed E-state index contributed by atoms with van der Waals surface area (Å²) in [7, 11) is 0. The van der Waals surface area contributed by atoms with E-state index in [1.807, 2.05) is 0 Å². The van der Waals surface area contributed by atoms with E-state index < -0.39 is 0 Å². The average Bonchev–Trinajstić information content (AvgIpc) is 3.06. The molecule has 126 valence electrons. The van der Waals surface area contributed by atoms with Gasteiger partial charge in [0.1, 0.15) is 0 Å². The first-order chi connectivity index (χ1) is 10.7. The molecule has 0 bridgehead atoms. The lowest BCUT2D eigenvalue weighted by atomic mass is 9.57. The molecule has 6 nitrogen and oxygen atoms in total. The van der Waals surface area contributed by atoms with E-state index in [0.29, 0.717) is 24.7 Å². The highest BCUT2D eigenvalue weighted by Gasteiger charge is 2.56. The molecule has 2 heterocycles. The van der Waals surface area contributed by atoms with Crippen LogP contribution in [-0.4, -0.2) is 57.2 Å². The number of aliphatic imine (C=N–C) groups is 1. The molecule has 22 heavy (non-hydrogen) atoms. The van der Waals surface area contributed by atoms with E-state index >= 15 is 0 Å². The van der Waals surface area contributed by atoms with Crippen molar-refractivity contribution in [2.75, 3.05) is 33.0 Å². The average molecular weight is 311 g/mol. The van der Waals surface area contributed by atoms with Crippen LogP contribution in [0.1, 0.15) is 39.0 Å². The van der Waals surface area contributed by atoms with Gasteiger partial charge >= 0.3 is 0 Å². The number of rotatable bonds is 5. The molecule has 3 fully saturated rings. The summed E-state index contributed by atoms with van der Waals surface area (Å²) < 4.78 is 17.0. The van der Waals surface area contributed by atoms with Crippen molar-refractivity contribution >= 4 is 5.96 Å². The number of guanidine groups is 1. The summed E-state index contributed by atoms with van der Waals surface area (Å²) in [4.78, 5) is 4.46. The molecule has 3 N–H and O–H groups in total. The van der Waals surface area contributed by atoms with Gasteiger partial charge in [0.2, 0.25) is 0 Å². The van der Waals surface area contributed by atoms with Crippen LogP contribution in [0.4, 0.5) is 0 Å². The minimum atomic E-state index is 0.165. The zero-order valence-corrected chi connectivity index (χ0v) is 13.6. The second-order valence-corrected chi connectivity index (χ2v) is 6.58. The van der Waals surface area contributed by atoms with Crippen LogP contribution in [-0.2, 0) is 14.2 Å². The lowest BCUT2D eigenvalue weighted by Gasteiger charge is -2.57. The third-order valence-corrected chi connectivity index (χ3v) is 5.39. The van der Waals surface area contributed by atoms with Gasteiger partial charge < -0.3 is 25.3 Å². The Labute approximate surface area is 132 Å². The second-order valence-electron chi connectivity index (χ2n) is 6.58. The summed E-state index contributed by atoms with van der Waals surface area (Å²) in [5, 5.41) is 3.43. The molecule has 6 heteroatoms. The van der Waals surface area contributed by atoms with E-state index in [9.17, 15) is 0 Å². The highest BCUT2D eigenvalue weighted by atomic mass is 16.5. The summed E-state index contributed by atoms with van der Waals surface area (Å²) >= 11 is 0. The third-order valence-electron chi connectivity index (χ3n) is 5.39. The van der Waals surface area contributed by atoms with Gasteiger partial charge in [-0.15, -0.1) is 0 Å². The third kappa shape index (κ3) is 3.24. The van der Waals surface area contributed by atoms with E-state index in [0.717, 1.165) is 58.5 Å². The van der Waals surface area contributed by atoms with Crippen LogP contribution in [0.25, 0.3) is 0 Å². The van der Waals surface area contributed by atoms with Crippen molar-refractivity contribution < 1.29 is 14.2 Å². The molecule has 2 aliphatic heterocycles.